The minimum atomic E-state index is 0.140. The molecule has 2 N–H and O–H groups in total. The maximum atomic E-state index is 12.1. The topological polar surface area (TPSA) is 54.3 Å². The molecule has 1 aromatic carbocycles. The number of piperidine rings is 1. The van der Waals surface area contributed by atoms with Crippen molar-refractivity contribution in [3.8, 4) is 0 Å². The van der Waals surface area contributed by atoms with Gasteiger partial charge >= 0.3 is 0 Å². The third kappa shape index (κ3) is 2.56. The van der Waals surface area contributed by atoms with Crippen molar-refractivity contribution in [1.82, 2.24) is 10.6 Å². The van der Waals surface area contributed by atoms with E-state index >= 15 is 0 Å². The van der Waals surface area contributed by atoms with Crippen molar-refractivity contribution in [3.63, 3.8) is 0 Å². The fourth-order valence-corrected chi connectivity index (χ4v) is 2.79. The van der Waals surface area contributed by atoms with Crippen LogP contribution in [0.2, 0.25) is 0 Å². The monoisotopic (exact) mass is 272 g/mol. The molecule has 2 aromatic rings. The summed E-state index contributed by atoms with van der Waals surface area (Å²) in [4.78, 5) is 12.1. The molecule has 4 nitrogen and oxygen atoms in total. The second-order valence-corrected chi connectivity index (χ2v) is 5.39. The molecule has 0 aliphatic carbocycles. The summed E-state index contributed by atoms with van der Waals surface area (Å²) >= 11 is 0. The van der Waals surface area contributed by atoms with Crippen molar-refractivity contribution in [1.29, 1.82) is 0 Å². The molecule has 0 saturated carbocycles. The van der Waals surface area contributed by atoms with Gasteiger partial charge in [-0.3, -0.25) is 4.79 Å². The quantitative estimate of drug-likeness (QED) is 0.902. The minimum absolute atomic E-state index is 0.140. The van der Waals surface area contributed by atoms with Crippen molar-refractivity contribution in [2.45, 2.75) is 26.3 Å². The fraction of sp³-hybridized carbons (Fsp3) is 0.438. The summed E-state index contributed by atoms with van der Waals surface area (Å²) in [7, 11) is 0. The Balaban J connectivity index is 1.67. The molecule has 0 spiro atoms. The van der Waals surface area contributed by atoms with E-state index in [9.17, 15) is 4.79 Å². The highest BCUT2D eigenvalue weighted by molar-refractivity contribution is 5.82. The van der Waals surface area contributed by atoms with Gasteiger partial charge in [0.2, 0.25) is 5.91 Å². The van der Waals surface area contributed by atoms with Crippen LogP contribution in [0, 0.1) is 12.8 Å². The lowest BCUT2D eigenvalue weighted by molar-refractivity contribution is -0.126. The van der Waals surface area contributed by atoms with Gasteiger partial charge in [0.1, 0.15) is 11.3 Å². The molecule has 1 saturated heterocycles. The molecule has 0 radical (unpaired) electrons. The van der Waals surface area contributed by atoms with Gasteiger partial charge in [-0.1, -0.05) is 18.2 Å². The highest BCUT2D eigenvalue weighted by Crippen LogP contribution is 2.24. The van der Waals surface area contributed by atoms with E-state index in [0.717, 1.165) is 48.2 Å². The maximum absolute atomic E-state index is 12.1. The smallest absolute Gasteiger partial charge is 0.223 e. The van der Waals surface area contributed by atoms with Crippen molar-refractivity contribution in [2.75, 3.05) is 13.1 Å². The number of carbonyl (C=O) groups is 1. The lowest BCUT2D eigenvalue weighted by Crippen LogP contribution is -2.37. The Hall–Kier alpha value is -1.81. The van der Waals surface area contributed by atoms with E-state index in [4.69, 9.17) is 4.42 Å². The van der Waals surface area contributed by atoms with Gasteiger partial charge in [-0.05, 0) is 38.9 Å². The summed E-state index contributed by atoms with van der Waals surface area (Å²) in [6.07, 6.45) is 1.84. The number of rotatable bonds is 3. The van der Waals surface area contributed by atoms with Crippen LogP contribution in [0.4, 0.5) is 0 Å². The van der Waals surface area contributed by atoms with Crippen LogP contribution >= 0.6 is 0 Å². The first-order valence-corrected chi connectivity index (χ1v) is 7.21. The van der Waals surface area contributed by atoms with E-state index in [-0.39, 0.29) is 11.8 Å². The molecule has 1 fully saturated rings. The molecule has 3 rings (SSSR count). The Morgan fingerprint density at radius 3 is 2.85 bits per heavy atom. The van der Waals surface area contributed by atoms with Crippen LogP contribution in [0.5, 0.6) is 0 Å². The maximum Gasteiger partial charge on any atom is 0.223 e. The second-order valence-electron chi connectivity index (χ2n) is 5.39. The molecule has 20 heavy (non-hydrogen) atoms. The zero-order valence-corrected chi connectivity index (χ0v) is 11.7. The summed E-state index contributed by atoms with van der Waals surface area (Å²) < 4.78 is 5.81. The van der Waals surface area contributed by atoms with Gasteiger partial charge in [0.15, 0.2) is 0 Å². The van der Waals surface area contributed by atoms with Crippen LogP contribution in [0.25, 0.3) is 11.0 Å². The predicted molar refractivity (Wildman–Crippen MR) is 78.4 cm³/mol. The van der Waals surface area contributed by atoms with Crippen LogP contribution in [0.1, 0.15) is 24.2 Å². The molecule has 0 unspecified atom stereocenters. The molecule has 0 atom stereocenters. The number of hydrogen-bond acceptors (Lipinski definition) is 3. The molecular weight excluding hydrogens is 252 g/mol. The van der Waals surface area contributed by atoms with E-state index in [1.165, 1.54) is 0 Å². The third-order valence-corrected chi connectivity index (χ3v) is 4.08. The average Bonchev–Trinajstić information content (AvgIpc) is 2.83. The van der Waals surface area contributed by atoms with E-state index in [2.05, 4.69) is 10.6 Å². The number of para-hydroxylation sites is 1. The molecule has 106 valence electrons. The highest BCUT2D eigenvalue weighted by atomic mass is 16.3. The summed E-state index contributed by atoms with van der Waals surface area (Å²) in [6.45, 7) is 4.38. The largest absolute Gasteiger partial charge is 0.459 e. The summed E-state index contributed by atoms with van der Waals surface area (Å²) in [5, 5.41) is 7.41. The first kappa shape index (κ1) is 13.2. The van der Waals surface area contributed by atoms with Crippen molar-refractivity contribution in [2.24, 2.45) is 5.92 Å². The number of benzene rings is 1. The Morgan fingerprint density at radius 1 is 1.35 bits per heavy atom. The lowest BCUT2D eigenvalue weighted by Gasteiger charge is -2.21. The predicted octanol–water partition coefficient (Wildman–Crippen LogP) is 2.36. The Bertz CT molecular complexity index is 612. The van der Waals surface area contributed by atoms with Gasteiger partial charge in [0.05, 0.1) is 6.54 Å². The first-order chi connectivity index (χ1) is 9.75. The number of aryl methyl sites for hydroxylation is 1. The molecular formula is C16H20N2O2. The molecule has 2 heterocycles. The Morgan fingerprint density at radius 2 is 2.10 bits per heavy atom. The summed E-state index contributed by atoms with van der Waals surface area (Å²) in [5.74, 6) is 1.14. The standard InChI is InChI=1S/C16H20N2O2/c1-11-13-4-2-3-5-14(13)20-15(11)10-18-16(19)12-6-8-17-9-7-12/h2-5,12,17H,6-10H2,1H3,(H,18,19). The SMILES string of the molecule is Cc1c(CNC(=O)C2CCNCC2)oc2ccccc12. The van der Waals surface area contributed by atoms with E-state index in [0.29, 0.717) is 6.54 Å². The number of nitrogens with one attached hydrogen (secondary N) is 2. The number of furan rings is 1. The van der Waals surface area contributed by atoms with Gasteiger partial charge in [-0.25, -0.2) is 0 Å². The molecule has 1 aromatic heterocycles. The second kappa shape index (κ2) is 5.67. The number of carbonyl (C=O) groups excluding carboxylic acids is 1. The number of fused-ring (bicyclic) bond motifs is 1. The van der Waals surface area contributed by atoms with Crippen molar-refractivity contribution < 1.29 is 9.21 Å². The third-order valence-electron chi connectivity index (χ3n) is 4.08. The van der Waals surface area contributed by atoms with Gasteiger partial charge in [0.25, 0.3) is 0 Å². The van der Waals surface area contributed by atoms with Crippen LogP contribution < -0.4 is 10.6 Å². The zero-order valence-electron chi connectivity index (χ0n) is 11.7. The van der Waals surface area contributed by atoms with Crippen LogP contribution in [-0.2, 0) is 11.3 Å². The molecule has 4 heteroatoms. The van der Waals surface area contributed by atoms with Gasteiger partial charge in [-0.2, -0.15) is 0 Å². The summed E-state index contributed by atoms with van der Waals surface area (Å²) in [6, 6.07) is 7.97. The van der Waals surface area contributed by atoms with E-state index in [1.807, 2.05) is 31.2 Å². The normalized spacial score (nSPS) is 16.4. The Labute approximate surface area is 118 Å². The van der Waals surface area contributed by atoms with E-state index < -0.39 is 0 Å². The van der Waals surface area contributed by atoms with Crippen molar-refractivity contribution in [3.05, 3.63) is 35.6 Å². The van der Waals surface area contributed by atoms with Crippen LogP contribution in [-0.4, -0.2) is 19.0 Å². The average molecular weight is 272 g/mol. The van der Waals surface area contributed by atoms with Gasteiger partial charge in [0, 0.05) is 16.9 Å². The lowest BCUT2D eigenvalue weighted by atomic mass is 9.97. The molecule has 1 aliphatic heterocycles. The number of hydrogen-bond donors (Lipinski definition) is 2. The minimum Gasteiger partial charge on any atom is -0.459 e. The first-order valence-electron chi connectivity index (χ1n) is 7.21. The van der Waals surface area contributed by atoms with Crippen molar-refractivity contribution >= 4 is 16.9 Å². The van der Waals surface area contributed by atoms with Crippen LogP contribution in [0.15, 0.2) is 28.7 Å². The highest BCUT2D eigenvalue weighted by Gasteiger charge is 2.21. The summed E-state index contributed by atoms with van der Waals surface area (Å²) in [5.41, 5.74) is 2.00. The Kier molecular flexibility index (Phi) is 3.74. The fourth-order valence-electron chi connectivity index (χ4n) is 2.79. The molecule has 1 aliphatic rings. The zero-order chi connectivity index (χ0) is 13.9. The molecule has 0 bridgehead atoms. The van der Waals surface area contributed by atoms with Gasteiger partial charge in [-0.15, -0.1) is 0 Å². The number of amides is 1. The van der Waals surface area contributed by atoms with Gasteiger partial charge < -0.3 is 15.1 Å². The molecule has 1 amide bonds. The van der Waals surface area contributed by atoms with E-state index in [1.54, 1.807) is 0 Å². The van der Waals surface area contributed by atoms with Crippen LogP contribution in [0.3, 0.4) is 0 Å².